The number of aldehydes is 1. The molecule has 0 aromatic heterocycles. The van der Waals surface area contributed by atoms with Crippen LogP contribution in [-0.2, 0) is 4.79 Å². The van der Waals surface area contributed by atoms with Gasteiger partial charge in [-0.25, -0.2) is 0 Å². The summed E-state index contributed by atoms with van der Waals surface area (Å²) >= 11 is 0. The molecule has 0 radical (unpaired) electrons. The van der Waals surface area contributed by atoms with Crippen molar-refractivity contribution in [3.05, 3.63) is 0 Å². The zero-order valence-corrected chi connectivity index (χ0v) is 6.89. The molecule has 0 atom stereocenters. The third-order valence-corrected chi connectivity index (χ3v) is 1.76. The predicted octanol–water partition coefficient (Wildman–Crippen LogP) is 1.35. The highest BCUT2D eigenvalue weighted by Gasteiger charge is 2.10. The SMILES string of the molecule is CC=O.CNC1CCCC1. The van der Waals surface area contributed by atoms with Crippen LogP contribution >= 0.6 is 0 Å². The van der Waals surface area contributed by atoms with Gasteiger partial charge in [0.15, 0.2) is 0 Å². The molecule has 60 valence electrons. The minimum absolute atomic E-state index is 0.750. The molecular formula is C8H17NO. The first-order valence-electron chi connectivity index (χ1n) is 3.92. The number of hydrogen-bond donors (Lipinski definition) is 1. The summed E-state index contributed by atoms with van der Waals surface area (Å²) in [6.07, 6.45) is 6.42. The maximum atomic E-state index is 8.81. The Kier molecular flexibility index (Phi) is 6.50. The van der Waals surface area contributed by atoms with E-state index in [9.17, 15) is 0 Å². The summed E-state index contributed by atoms with van der Waals surface area (Å²) in [6, 6.07) is 0.847. The van der Waals surface area contributed by atoms with E-state index in [1.54, 1.807) is 0 Å². The molecule has 2 heteroatoms. The maximum absolute atomic E-state index is 8.81. The van der Waals surface area contributed by atoms with Crippen molar-refractivity contribution in [3.8, 4) is 0 Å². The minimum Gasteiger partial charge on any atom is -0.317 e. The molecule has 0 saturated heterocycles. The zero-order valence-electron chi connectivity index (χ0n) is 6.89. The second-order valence-corrected chi connectivity index (χ2v) is 2.51. The van der Waals surface area contributed by atoms with Gasteiger partial charge in [-0.05, 0) is 26.8 Å². The molecule has 0 aliphatic heterocycles. The van der Waals surface area contributed by atoms with Crippen molar-refractivity contribution in [2.75, 3.05) is 7.05 Å². The Morgan fingerprint density at radius 3 is 2.00 bits per heavy atom. The van der Waals surface area contributed by atoms with Crippen molar-refractivity contribution in [1.29, 1.82) is 0 Å². The van der Waals surface area contributed by atoms with Crippen LogP contribution in [0.4, 0.5) is 0 Å². The van der Waals surface area contributed by atoms with E-state index >= 15 is 0 Å². The minimum atomic E-state index is 0.750. The van der Waals surface area contributed by atoms with Crippen LogP contribution in [0, 0.1) is 0 Å². The highest BCUT2D eigenvalue weighted by Crippen LogP contribution is 2.16. The summed E-state index contributed by atoms with van der Waals surface area (Å²) in [5.74, 6) is 0. The summed E-state index contributed by atoms with van der Waals surface area (Å²) in [5, 5.41) is 3.26. The Bertz CT molecular complexity index is 77.3. The van der Waals surface area contributed by atoms with Crippen LogP contribution in [0.3, 0.4) is 0 Å². The number of carbonyl (C=O) groups is 1. The normalized spacial score (nSPS) is 17.8. The van der Waals surface area contributed by atoms with Crippen LogP contribution < -0.4 is 5.32 Å². The van der Waals surface area contributed by atoms with E-state index in [0.29, 0.717) is 0 Å². The van der Waals surface area contributed by atoms with Gasteiger partial charge in [-0.15, -0.1) is 0 Å². The van der Waals surface area contributed by atoms with Gasteiger partial charge in [-0.1, -0.05) is 12.8 Å². The van der Waals surface area contributed by atoms with E-state index in [1.807, 2.05) is 0 Å². The largest absolute Gasteiger partial charge is 0.317 e. The van der Waals surface area contributed by atoms with Gasteiger partial charge in [0, 0.05) is 6.04 Å². The fourth-order valence-corrected chi connectivity index (χ4v) is 1.21. The summed E-state index contributed by atoms with van der Waals surface area (Å²) in [7, 11) is 2.05. The van der Waals surface area contributed by atoms with Crippen LogP contribution in [0.1, 0.15) is 32.6 Å². The lowest BCUT2D eigenvalue weighted by Gasteiger charge is -2.03. The van der Waals surface area contributed by atoms with Crippen LogP contribution in [0.2, 0.25) is 0 Å². The first-order valence-corrected chi connectivity index (χ1v) is 3.92. The molecule has 0 heterocycles. The van der Waals surface area contributed by atoms with E-state index in [2.05, 4.69) is 12.4 Å². The number of rotatable bonds is 1. The molecule has 0 spiro atoms. The van der Waals surface area contributed by atoms with Gasteiger partial charge in [-0.2, -0.15) is 0 Å². The molecule has 10 heavy (non-hydrogen) atoms. The van der Waals surface area contributed by atoms with Crippen molar-refractivity contribution in [2.45, 2.75) is 38.6 Å². The molecule has 1 fully saturated rings. The molecule has 1 aliphatic carbocycles. The molecule has 0 aromatic carbocycles. The lowest BCUT2D eigenvalue weighted by Crippen LogP contribution is -2.20. The molecular weight excluding hydrogens is 126 g/mol. The lowest BCUT2D eigenvalue weighted by atomic mass is 10.3. The topological polar surface area (TPSA) is 29.1 Å². The first-order chi connectivity index (χ1) is 4.85. The van der Waals surface area contributed by atoms with Gasteiger partial charge in [-0.3, -0.25) is 0 Å². The van der Waals surface area contributed by atoms with Crippen LogP contribution in [0.5, 0.6) is 0 Å². The predicted molar refractivity (Wildman–Crippen MR) is 43.1 cm³/mol. The Hall–Kier alpha value is -0.370. The monoisotopic (exact) mass is 143 g/mol. The van der Waals surface area contributed by atoms with E-state index in [-0.39, 0.29) is 0 Å². The van der Waals surface area contributed by atoms with Gasteiger partial charge in [0.1, 0.15) is 6.29 Å². The van der Waals surface area contributed by atoms with Gasteiger partial charge >= 0.3 is 0 Å². The van der Waals surface area contributed by atoms with Crippen LogP contribution in [-0.4, -0.2) is 19.4 Å². The molecule has 1 N–H and O–H groups in total. The van der Waals surface area contributed by atoms with Gasteiger partial charge in [0.2, 0.25) is 0 Å². The molecule has 2 nitrogen and oxygen atoms in total. The summed E-state index contributed by atoms with van der Waals surface area (Å²) < 4.78 is 0. The Balaban J connectivity index is 0.000000236. The third-order valence-electron chi connectivity index (χ3n) is 1.76. The maximum Gasteiger partial charge on any atom is 0.116 e. The molecule has 0 amide bonds. The number of hydrogen-bond acceptors (Lipinski definition) is 2. The third kappa shape index (κ3) is 4.50. The van der Waals surface area contributed by atoms with E-state index < -0.39 is 0 Å². The molecule has 0 unspecified atom stereocenters. The van der Waals surface area contributed by atoms with Gasteiger partial charge < -0.3 is 10.1 Å². The molecule has 1 rings (SSSR count). The van der Waals surface area contributed by atoms with Crippen molar-refractivity contribution >= 4 is 6.29 Å². The standard InChI is InChI=1S/C6H13N.C2H4O/c1-7-6-4-2-3-5-6;1-2-3/h6-7H,2-5H2,1H3;2H,1H3. The average molecular weight is 143 g/mol. The average Bonchev–Trinajstić information content (AvgIpc) is 2.39. The molecule has 1 saturated carbocycles. The number of nitrogens with one attached hydrogen (secondary N) is 1. The van der Waals surface area contributed by atoms with Crippen LogP contribution in [0.15, 0.2) is 0 Å². The van der Waals surface area contributed by atoms with E-state index in [0.717, 1.165) is 12.3 Å². The highest BCUT2D eigenvalue weighted by molar-refractivity contribution is 5.44. The van der Waals surface area contributed by atoms with Gasteiger partial charge in [0.05, 0.1) is 0 Å². The summed E-state index contributed by atoms with van der Waals surface area (Å²) in [5.41, 5.74) is 0. The second kappa shape index (κ2) is 6.75. The Morgan fingerprint density at radius 2 is 1.80 bits per heavy atom. The fraction of sp³-hybridized carbons (Fsp3) is 0.875. The lowest BCUT2D eigenvalue weighted by molar-refractivity contribution is -0.106. The van der Waals surface area contributed by atoms with Gasteiger partial charge in [0.25, 0.3) is 0 Å². The second-order valence-electron chi connectivity index (χ2n) is 2.51. The quantitative estimate of drug-likeness (QED) is 0.561. The van der Waals surface area contributed by atoms with Crippen molar-refractivity contribution in [3.63, 3.8) is 0 Å². The highest BCUT2D eigenvalue weighted by atomic mass is 16.1. The zero-order chi connectivity index (χ0) is 7.82. The Morgan fingerprint density at radius 1 is 1.40 bits per heavy atom. The first kappa shape index (κ1) is 9.63. The Labute approximate surface area is 63.0 Å². The van der Waals surface area contributed by atoms with E-state index in [4.69, 9.17) is 4.79 Å². The van der Waals surface area contributed by atoms with Crippen molar-refractivity contribution < 1.29 is 4.79 Å². The molecule has 0 bridgehead atoms. The van der Waals surface area contributed by atoms with Crippen molar-refractivity contribution in [1.82, 2.24) is 5.32 Å². The summed E-state index contributed by atoms with van der Waals surface area (Å²) in [4.78, 5) is 8.81. The number of carbonyl (C=O) groups excluding carboxylic acids is 1. The smallest absolute Gasteiger partial charge is 0.116 e. The van der Waals surface area contributed by atoms with E-state index in [1.165, 1.54) is 32.6 Å². The molecule has 1 aliphatic rings. The van der Waals surface area contributed by atoms with Crippen molar-refractivity contribution in [2.24, 2.45) is 0 Å². The summed E-state index contributed by atoms with van der Waals surface area (Å²) in [6.45, 7) is 1.44. The van der Waals surface area contributed by atoms with Crippen LogP contribution in [0.25, 0.3) is 0 Å². The fourth-order valence-electron chi connectivity index (χ4n) is 1.21. The molecule has 0 aromatic rings.